The number of aromatic nitrogens is 4. The molecule has 32 heavy (non-hydrogen) atoms. The van der Waals surface area contributed by atoms with Crippen molar-refractivity contribution < 1.29 is 4.74 Å². The number of nitrogens with two attached hydrogens (primary N) is 1. The first-order valence-corrected chi connectivity index (χ1v) is 12.5. The Morgan fingerprint density at radius 2 is 1.75 bits per heavy atom. The number of nitrogens with zero attached hydrogens (tertiary/aromatic N) is 5. The predicted molar refractivity (Wildman–Crippen MR) is 127 cm³/mol. The van der Waals surface area contributed by atoms with Crippen molar-refractivity contribution in [3.63, 3.8) is 0 Å². The highest BCUT2D eigenvalue weighted by Gasteiger charge is 2.27. The van der Waals surface area contributed by atoms with E-state index < -0.39 is 0 Å². The van der Waals surface area contributed by atoms with E-state index in [9.17, 15) is 4.79 Å². The van der Waals surface area contributed by atoms with E-state index in [0.717, 1.165) is 45.3 Å². The summed E-state index contributed by atoms with van der Waals surface area (Å²) in [6.07, 6.45) is 11.4. The normalized spacial score (nSPS) is 19.4. The van der Waals surface area contributed by atoms with E-state index in [2.05, 4.69) is 31.7 Å². The molecule has 2 aliphatic rings. The van der Waals surface area contributed by atoms with Gasteiger partial charge in [0, 0.05) is 13.1 Å². The van der Waals surface area contributed by atoms with Gasteiger partial charge in [-0.2, -0.15) is 9.97 Å². The Morgan fingerprint density at radius 3 is 2.47 bits per heavy atom. The minimum atomic E-state index is -0.166. The number of aromatic amines is 1. The zero-order valence-corrected chi connectivity index (χ0v) is 19.5. The van der Waals surface area contributed by atoms with Crippen molar-refractivity contribution in [2.75, 3.05) is 45.1 Å². The maximum atomic E-state index is 13.1. The van der Waals surface area contributed by atoms with E-state index in [1.807, 2.05) is 4.57 Å². The lowest BCUT2D eigenvalue weighted by atomic mass is 10.1. The molecule has 2 saturated heterocycles. The highest BCUT2D eigenvalue weighted by molar-refractivity contribution is 5.82. The first-order chi connectivity index (χ1) is 15.7. The number of nitrogens with one attached hydrogen (secondary N) is 1. The van der Waals surface area contributed by atoms with Crippen molar-refractivity contribution in [1.82, 2.24) is 29.3 Å². The second kappa shape index (κ2) is 11.1. The zero-order chi connectivity index (χ0) is 22.3. The number of fused-ring (bicyclic) bond motifs is 1. The number of ether oxygens (including phenoxy) is 1. The van der Waals surface area contributed by atoms with Gasteiger partial charge in [-0.25, -0.2) is 4.79 Å². The monoisotopic (exact) mass is 445 g/mol. The number of rotatable bonds is 10. The third kappa shape index (κ3) is 5.43. The number of imidazole rings is 1. The summed E-state index contributed by atoms with van der Waals surface area (Å²) in [6, 6.07) is 0.252. The summed E-state index contributed by atoms with van der Waals surface area (Å²) in [4.78, 5) is 29.9. The van der Waals surface area contributed by atoms with Gasteiger partial charge in [-0.05, 0) is 64.6 Å². The first kappa shape index (κ1) is 23.0. The summed E-state index contributed by atoms with van der Waals surface area (Å²) in [5.41, 5.74) is 7.09. The summed E-state index contributed by atoms with van der Waals surface area (Å²) in [5, 5.41) is 0. The van der Waals surface area contributed by atoms with Gasteiger partial charge in [-0.1, -0.05) is 26.2 Å². The Morgan fingerprint density at radius 1 is 1.03 bits per heavy atom. The molecule has 4 heterocycles. The van der Waals surface area contributed by atoms with Crippen LogP contribution >= 0.6 is 0 Å². The molecule has 1 unspecified atom stereocenters. The maximum absolute atomic E-state index is 13.1. The van der Waals surface area contributed by atoms with Crippen LogP contribution in [0.4, 0.5) is 5.82 Å². The van der Waals surface area contributed by atoms with Crippen LogP contribution in [0.3, 0.4) is 0 Å². The number of likely N-dealkylation sites (tertiary alicyclic amines) is 2. The molecule has 178 valence electrons. The third-order valence-electron chi connectivity index (χ3n) is 6.80. The third-order valence-corrected chi connectivity index (χ3v) is 6.80. The van der Waals surface area contributed by atoms with Gasteiger partial charge in [-0.3, -0.25) is 9.47 Å². The summed E-state index contributed by atoms with van der Waals surface area (Å²) in [7, 11) is 0. The van der Waals surface area contributed by atoms with E-state index in [1.54, 1.807) is 0 Å². The van der Waals surface area contributed by atoms with Gasteiger partial charge >= 0.3 is 11.7 Å². The van der Waals surface area contributed by atoms with Gasteiger partial charge in [-0.15, -0.1) is 0 Å². The van der Waals surface area contributed by atoms with Crippen molar-refractivity contribution in [2.24, 2.45) is 0 Å². The molecule has 0 aliphatic carbocycles. The molecule has 9 heteroatoms. The fourth-order valence-corrected chi connectivity index (χ4v) is 5.02. The second-order valence-corrected chi connectivity index (χ2v) is 9.21. The van der Waals surface area contributed by atoms with Crippen LogP contribution in [0, 0.1) is 0 Å². The number of anilines is 1. The first-order valence-electron chi connectivity index (χ1n) is 12.5. The Kier molecular flexibility index (Phi) is 8.02. The topological polar surface area (TPSA) is 105 Å². The van der Waals surface area contributed by atoms with Gasteiger partial charge < -0.3 is 20.4 Å². The van der Waals surface area contributed by atoms with Crippen LogP contribution in [-0.2, 0) is 0 Å². The van der Waals surface area contributed by atoms with Crippen molar-refractivity contribution in [2.45, 2.75) is 77.3 Å². The van der Waals surface area contributed by atoms with E-state index in [0.29, 0.717) is 17.8 Å². The number of H-pyrrole nitrogens is 1. The van der Waals surface area contributed by atoms with Gasteiger partial charge in [0.25, 0.3) is 0 Å². The summed E-state index contributed by atoms with van der Waals surface area (Å²) in [5.74, 6) is 0.267. The lowest BCUT2D eigenvalue weighted by Crippen LogP contribution is -2.41. The molecule has 0 spiro atoms. The van der Waals surface area contributed by atoms with E-state index in [1.165, 1.54) is 51.6 Å². The van der Waals surface area contributed by atoms with Crippen LogP contribution in [-0.4, -0.2) is 68.6 Å². The molecule has 0 aromatic carbocycles. The average Bonchev–Trinajstić information content (AvgIpc) is 3.14. The minimum Gasteiger partial charge on any atom is -0.463 e. The summed E-state index contributed by atoms with van der Waals surface area (Å²) in [6.45, 7) is 8.15. The Balaban J connectivity index is 1.60. The minimum absolute atomic E-state index is 0.0286. The fourth-order valence-electron chi connectivity index (χ4n) is 5.02. The van der Waals surface area contributed by atoms with Gasteiger partial charge in [0.1, 0.15) is 5.52 Å². The van der Waals surface area contributed by atoms with Crippen LogP contribution in [0.25, 0.3) is 11.2 Å². The Bertz CT molecular complexity index is 913. The highest BCUT2D eigenvalue weighted by Crippen LogP contribution is 2.27. The molecule has 2 aliphatic heterocycles. The molecule has 0 saturated carbocycles. The second-order valence-electron chi connectivity index (χ2n) is 9.21. The number of hydrogen-bond donors (Lipinski definition) is 2. The maximum Gasteiger partial charge on any atom is 0.329 e. The van der Waals surface area contributed by atoms with Gasteiger partial charge in [0.2, 0.25) is 0 Å². The van der Waals surface area contributed by atoms with Gasteiger partial charge in [0.05, 0.1) is 12.8 Å². The molecule has 0 bridgehead atoms. The van der Waals surface area contributed by atoms with Crippen LogP contribution in [0.5, 0.6) is 6.01 Å². The average molecular weight is 446 g/mol. The van der Waals surface area contributed by atoms with E-state index in [-0.39, 0.29) is 23.7 Å². The molecule has 0 amide bonds. The molecule has 2 aromatic heterocycles. The van der Waals surface area contributed by atoms with Crippen molar-refractivity contribution in [1.29, 1.82) is 0 Å². The molecule has 3 N–H and O–H groups in total. The number of piperidine rings is 2. The summed E-state index contributed by atoms with van der Waals surface area (Å²) < 4.78 is 7.54. The fraction of sp³-hybridized carbons (Fsp3) is 0.783. The van der Waals surface area contributed by atoms with Crippen LogP contribution in [0.15, 0.2) is 4.79 Å². The Labute approximate surface area is 190 Å². The van der Waals surface area contributed by atoms with Crippen molar-refractivity contribution in [3.8, 4) is 6.01 Å². The van der Waals surface area contributed by atoms with Crippen LogP contribution in [0.2, 0.25) is 0 Å². The predicted octanol–water partition coefficient (Wildman–Crippen LogP) is 3.13. The lowest BCUT2D eigenvalue weighted by molar-refractivity contribution is 0.0986. The molecule has 2 aromatic rings. The van der Waals surface area contributed by atoms with Crippen LogP contribution < -0.4 is 16.2 Å². The molecule has 1 atom stereocenters. The number of hydrogen-bond acceptors (Lipinski definition) is 7. The van der Waals surface area contributed by atoms with Crippen molar-refractivity contribution >= 4 is 17.0 Å². The lowest BCUT2D eigenvalue weighted by Gasteiger charge is -2.35. The van der Waals surface area contributed by atoms with E-state index >= 15 is 0 Å². The molecule has 9 nitrogen and oxygen atoms in total. The molecular weight excluding hydrogens is 406 g/mol. The quantitative estimate of drug-likeness (QED) is 0.541. The Hall–Kier alpha value is -2.13. The molecule has 4 rings (SSSR count). The molecule has 0 radical (unpaired) electrons. The SMILES string of the molecule is CCCCOc1nc(N)c2[nH]c(=O)n(C(CCCN3CCCCC3)N3CCCCC3)c2n1. The molecular formula is C23H39N7O2. The highest BCUT2D eigenvalue weighted by atomic mass is 16.5. The number of unbranched alkanes of at least 4 members (excludes halogenated alkanes) is 1. The zero-order valence-electron chi connectivity index (χ0n) is 19.5. The summed E-state index contributed by atoms with van der Waals surface area (Å²) >= 11 is 0. The van der Waals surface area contributed by atoms with Crippen LogP contribution in [0.1, 0.15) is 77.3 Å². The van der Waals surface area contributed by atoms with Crippen molar-refractivity contribution in [3.05, 3.63) is 10.5 Å². The number of nitrogen functional groups attached to an aromatic ring is 1. The standard InChI is InChI=1S/C23H39N7O2/c1-2-3-17-32-22-26-20(24)19-21(27-22)30(23(31)25-19)18(29-15-8-5-9-16-29)11-10-14-28-12-6-4-7-13-28/h18H,2-17H2,1H3,(H,25,31)(H2,24,26,27). The molecule has 2 fully saturated rings. The largest absolute Gasteiger partial charge is 0.463 e. The van der Waals surface area contributed by atoms with Gasteiger partial charge in [0.15, 0.2) is 11.5 Å². The van der Waals surface area contributed by atoms with E-state index in [4.69, 9.17) is 10.5 Å². The smallest absolute Gasteiger partial charge is 0.329 e.